The van der Waals surface area contributed by atoms with E-state index in [9.17, 15) is 14.4 Å². The second-order valence-electron chi connectivity index (χ2n) is 7.49. The number of fused-ring (bicyclic) bond motifs is 2. The van der Waals surface area contributed by atoms with Crippen LogP contribution in [0.2, 0.25) is 0 Å². The summed E-state index contributed by atoms with van der Waals surface area (Å²) in [6, 6.07) is 12.1. The summed E-state index contributed by atoms with van der Waals surface area (Å²) in [5, 5.41) is 2.83. The maximum Gasteiger partial charge on any atom is 0.339 e. The van der Waals surface area contributed by atoms with Crippen molar-refractivity contribution in [2.75, 3.05) is 18.2 Å². The Morgan fingerprint density at radius 3 is 2.62 bits per heavy atom. The molecule has 1 amide bonds. The summed E-state index contributed by atoms with van der Waals surface area (Å²) < 4.78 is 10.4. The Morgan fingerprint density at radius 1 is 1.17 bits per heavy atom. The van der Waals surface area contributed by atoms with Gasteiger partial charge in [-0.15, -0.1) is 0 Å². The maximum atomic E-state index is 12.8. The van der Waals surface area contributed by atoms with Gasteiger partial charge in [-0.1, -0.05) is 18.2 Å². The van der Waals surface area contributed by atoms with Crippen LogP contribution in [0.25, 0.3) is 0 Å². The summed E-state index contributed by atoms with van der Waals surface area (Å²) in [5.41, 5.74) is 7.92. The van der Waals surface area contributed by atoms with Crippen molar-refractivity contribution in [1.29, 1.82) is 0 Å². The number of rotatable bonds is 3. The normalized spacial score (nSPS) is 22.7. The van der Waals surface area contributed by atoms with E-state index in [2.05, 4.69) is 5.32 Å². The van der Waals surface area contributed by atoms with Crippen LogP contribution in [-0.2, 0) is 19.9 Å². The number of esters is 2. The van der Waals surface area contributed by atoms with Crippen LogP contribution in [0.1, 0.15) is 52.0 Å². The van der Waals surface area contributed by atoms with Crippen molar-refractivity contribution in [1.82, 2.24) is 0 Å². The van der Waals surface area contributed by atoms with E-state index in [-0.39, 0.29) is 17.8 Å². The minimum absolute atomic E-state index is 0.161. The maximum absolute atomic E-state index is 12.8. The van der Waals surface area contributed by atoms with Gasteiger partial charge >= 0.3 is 11.9 Å². The number of anilines is 2. The van der Waals surface area contributed by atoms with Crippen molar-refractivity contribution in [2.24, 2.45) is 5.92 Å². The Bertz CT molecular complexity index is 992. The van der Waals surface area contributed by atoms with E-state index in [1.807, 2.05) is 18.2 Å². The molecule has 2 aromatic rings. The van der Waals surface area contributed by atoms with Crippen LogP contribution in [0.4, 0.5) is 11.4 Å². The van der Waals surface area contributed by atoms with Gasteiger partial charge in [0, 0.05) is 11.5 Å². The van der Waals surface area contributed by atoms with E-state index in [1.165, 1.54) is 13.2 Å². The Morgan fingerprint density at radius 2 is 1.90 bits per heavy atom. The standard InChI is InChI=1S/C22H22N2O5/c1-28-20(26)14-6-7-17(23)18(12-14)24-19(25)13-8-10-22(11-9-13)16-5-3-2-4-15(16)21(27)29-22/h2-7,12-13H,8-11,23H2,1H3,(H,24,25)/t13-,22-. The summed E-state index contributed by atoms with van der Waals surface area (Å²) in [6.07, 6.45) is 2.35. The predicted octanol–water partition coefficient (Wildman–Crippen LogP) is 3.25. The lowest BCUT2D eigenvalue weighted by Crippen LogP contribution is -2.36. The molecule has 0 bridgehead atoms. The van der Waals surface area contributed by atoms with Crippen molar-refractivity contribution < 1.29 is 23.9 Å². The second-order valence-corrected chi connectivity index (χ2v) is 7.49. The fraction of sp³-hybridized carbons (Fsp3) is 0.318. The van der Waals surface area contributed by atoms with Gasteiger partial charge in [0.1, 0.15) is 5.60 Å². The molecule has 0 saturated heterocycles. The summed E-state index contributed by atoms with van der Waals surface area (Å²) in [5.74, 6) is -1.18. The first-order chi connectivity index (χ1) is 13.9. The number of nitrogens with one attached hydrogen (secondary N) is 1. The minimum Gasteiger partial charge on any atom is -0.465 e. The molecule has 1 aliphatic heterocycles. The number of hydrogen-bond acceptors (Lipinski definition) is 6. The molecule has 1 saturated carbocycles. The number of carbonyl (C=O) groups excluding carboxylic acids is 3. The highest BCUT2D eigenvalue weighted by molar-refractivity contribution is 5.98. The lowest BCUT2D eigenvalue weighted by Gasteiger charge is -2.36. The summed E-state index contributed by atoms with van der Waals surface area (Å²) in [4.78, 5) is 36.7. The molecule has 3 N–H and O–H groups in total. The first-order valence-corrected chi connectivity index (χ1v) is 9.55. The van der Waals surface area contributed by atoms with Gasteiger partial charge in [-0.3, -0.25) is 4.79 Å². The van der Waals surface area contributed by atoms with Crippen molar-refractivity contribution in [3.63, 3.8) is 0 Å². The van der Waals surface area contributed by atoms with Gasteiger partial charge < -0.3 is 20.5 Å². The lowest BCUT2D eigenvalue weighted by molar-refractivity contribution is -0.122. The SMILES string of the molecule is COC(=O)c1ccc(N)c(NC(=O)[C@H]2CC[C@@]3(CC2)OC(=O)c2ccccc23)c1. The predicted molar refractivity (Wildman–Crippen MR) is 106 cm³/mol. The molecule has 1 spiro atoms. The summed E-state index contributed by atoms with van der Waals surface area (Å²) in [6.45, 7) is 0. The van der Waals surface area contributed by atoms with Gasteiger partial charge in [-0.25, -0.2) is 9.59 Å². The number of amides is 1. The highest BCUT2D eigenvalue weighted by Crippen LogP contribution is 2.48. The van der Waals surface area contributed by atoms with Gasteiger partial charge in [0.2, 0.25) is 5.91 Å². The topological polar surface area (TPSA) is 108 Å². The molecule has 7 heteroatoms. The minimum atomic E-state index is -0.631. The van der Waals surface area contributed by atoms with E-state index in [0.717, 1.165) is 5.56 Å². The molecular weight excluding hydrogens is 372 g/mol. The Balaban J connectivity index is 1.46. The van der Waals surface area contributed by atoms with Crippen LogP contribution in [0.5, 0.6) is 0 Å². The van der Waals surface area contributed by atoms with Crippen LogP contribution < -0.4 is 11.1 Å². The fourth-order valence-corrected chi connectivity index (χ4v) is 4.21. The second kappa shape index (κ2) is 7.24. The Hall–Kier alpha value is -3.35. The third-order valence-corrected chi connectivity index (χ3v) is 5.82. The molecule has 7 nitrogen and oxygen atoms in total. The molecule has 1 aliphatic carbocycles. The van der Waals surface area contributed by atoms with Gasteiger partial charge in [0.05, 0.1) is 29.6 Å². The van der Waals surface area contributed by atoms with E-state index in [1.54, 1.807) is 18.2 Å². The third kappa shape index (κ3) is 3.33. The molecule has 0 aromatic heterocycles. The first-order valence-electron chi connectivity index (χ1n) is 9.55. The van der Waals surface area contributed by atoms with Crippen LogP contribution in [-0.4, -0.2) is 25.0 Å². The molecule has 1 heterocycles. The van der Waals surface area contributed by atoms with E-state index in [0.29, 0.717) is 48.2 Å². The lowest BCUT2D eigenvalue weighted by atomic mass is 9.74. The first kappa shape index (κ1) is 19.0. The number of nitrogens with two attached hydrogens (primary N) is 1. The average Bonchev–Trinajstić information content (AvgIpc) is 3.01. The zero-order valence-electron chi connectivity index (χ0n) is 16.1. The quantitative estimate of drug-likeness (QED) is 0.611. The van der Waals surface area contributed by atoms with Crippen LogP contribution in [0.15, 0.2) is 42.5 Å². The molecular formula is C22H22N2O5. The van der Waals surface area contributed by atoms with Crippen molar-refractivity contribution in [2.45, 2.75) is 31.3 Å². The fourth-order valence-electron chi connectivity index (χ4n) is 4.21. The molecule has 0 unspecified atom stereocenters. The number of ether oxygens (including phenoxy) is 2. The largest absolute Gasteiger partial charge is 0.465 e. The zero-order chi connectivity index (χ0) is 20.6. The molecule has 0 atom stereocenters. The van der Waals surface area contributed by atoms with E-state index >= 15 is 0 Å². The van der Waals surface area contributed by atoms with Gasteiger partial charge in [0.15, 0.2) is 0 Å². The van der Waals surface area contributed by atoms with Crippen LogP contribution in [0, 0.1) is 5.92 Å². The van der Waals surface area contributed by atoms with Gasteiger partial charge in [0.25, 0.3) is 0 Å². The van der Waals surface area contributed by atoms with Gasteiger partial charge in [-0.05, 0) is 49.9 Å². The number of hydrogen-bond donors (Lipinski definition) is 2. The smallest absolute Gasteiger partial charge is 0.339 e. The van der Waals surface area contributed by atoms with Crippen molar-refractivity contribution in [3.8, 4) is 0 Å². The van der Waals surface area contributed by atoms with Crippen LogP contribution >= 0.6 is 0 Å². The number of nitrogen functional groups attached to an aromatic ring is 1. The Labute approximate surface area is 168 Å². The summed E-state index contributed by atoms with van der Waals surface area (Å²) >= 11 is 0. The van der Waals surface area contributed by atoms with E-state index < -0.39 is 11.6 Å². The molecule has 150 valence electrons. The van der Waals surface area contributed by atoms with Crippen LogP contribution in [0.3, 0.4) is 0 Å². The number of methoxy groups -OCH3 is 1. The average molecular weight is 394 g/mol. The number of benzene rings is 2. The highest BCUT2D eigenvalue weighted by Gasteiger charge is 2.48. The van der Waals surface area contributed by atoms with E-state index in [4.69, 9.17) is 15.2 Å². The number of carbonyl (C=O) groups is 3. The monoisotopic (exact) mass is 394 g/mol. The molecule has 29 heavy (non-hydrogen) atoms. The molecule has 1 fully saturated rings. The van der Waals surface area contributed by atoms with Gasteiger partial charge in [-0.2, -0.15) is 0 Å². The third-order valence-electron chi connectivity index (χ3n) is 5.82. The summed E-state index contributed by atoms with van der Waals surface area (Å²) in [7, 11) is 1.29. The molecule has 0 radical (unpaired) electrons. The van der Waals surface area contributed by atoms with Crippen molar-refractivity contribution in [3.05, 3.63) is 59.2 Å². The zero-order valence-corrected chi connectivity index (χ0v) is 16.1. The van der Waals surface area contributed by atoms with Crippen molar-refractivity contribution >= 4 is 29.2 Å². The molecule has 2 aliphatic rings. The highest BCUT2D eigenvalue weighted by atomic mass is 16.6. The molecule has 2 aromatic carbocycles. The Kier molecular flexibility index (Phi) is 4.74. The molecule has 4 rings (SSSR count).